The third kappa shape index (κ3) is 6.79. The molecule has 0 radical (unpaired) electrons. The van der Waals surface area contributed by atoms with Crippen LogP contribution in [0.4, 0.5) is 0 Å². The van der Waals surface area contributed by atoms with Crippen LogP contribution in [-0.2, 0) is 22.6 Å². The number of nitrogens with one attached hydrogen (secondary N) is 2. The van der Waals surface area contributed by atoms with E-state index in [9.17, 15) is 19.8 Å². The van der Waals surface area contributed by atoms with E-state index in [-0.39, 0.29) is 38.0 Å². The predicted molar refractivity (Wildman–Crippen MR) is 133 cm³/mol. The summed E-state index contributed by atoms with van der Waals surface area (Å²) in [6.45, 7) is 3.91. The van der Waals surface area contributed by atoms with Crippen LogP contribution in [-0.4, -0.2) is 57.7 Å². The first-order chi connectivity index (χ1) is 16.5. The summed E-state index contributed by atoms with van der Waals surface area (Å²) < 4.78 is 0. The van der Waals surface area contributed by atoms with Crippen molar-refractivity contribution in [2.24, 2.45) is 5.92 Å². The Morgan fingerprint density at radius 3 is 2.53 bits per heavy atom. The molecule has 0 fully saturated rings. The molecule has 2 amide bonds. The maximum atomic E-state index is 13.1. The summed E-state index contributed by atoms with van der Waals surface area (Å²) in [5.74, 6) is -1.12. The number of rotatable bonds is 13. The fourth-order valence-electron chi connectivity index (χ4n) is 4.09. The lowest BCUT2D eigenvalue weighted by Crippen LogP contribution is -2.44. The third-order valence-electron chi connectivity index (χ3n) is 5.89. The lowest BCUT2D eigenvalue weighted by atomic mass is 9.97. The van der Waals surface area contributed by atoms with E-state index in [0.717, 1.165) is 22.0 Å². The fraction of sp³-hybridized carbons (Fsp3) is 0.333. The molecule has 0 saturated heterocycles. The average Bonchev–Trinajstić information content (AvgIpc) is 3.26. The molecular weight excluding hydrogens is 430 g/mol. The Balaban J connectivity index is 1.65. The van der Waals surface area contributed by atoms with Crippen molar-refractivity contribution < 1.29 is 19.8 Å². The molecule has 3 aromatic rings. The lowest BCUT2D eigenvalue weighted by molar-refractivity contribution is -0.137. The summed E-state index contributed by atoms with van der Waals surface area (Å²) in [7, 11) is 0. The van der Waals surface area contributed by atoms with Crippen molar-refractivity contribution in [1.82, 2.24) is 15.2 Å². The number of allylic oxidation sites excluding steroid dienone is 1. The van der Waals surface area contributed by atoms with E-state index in [0.29, 0.717) is 19.4 Å². The van der Waals surface area contributed by atoms with Crippen molar-refractivity contribution in [3.8, 4) is 0 Å². The van der Waals surface area contributed by atoms with Crippen LogP contribution in [0.1, 0.15) is 24.0 Å². The SMILES string of the molecule is C=CC[C@@H](CC(=O)N(CCO)Cc1ccccc1)C(=O)N[C@H](CO)Cc1c[nH]c2ccccc12. The minimum Gasteiger partial charge on any atom is -0.395 e. The molecular formula is C27H33N3O4. The first kappa shape index (κ1) is 25.2. The third-order valence-corrected chi connectivity index (χ3v) is 5.89. The number of amides is 2. The van der Waals surface area contributed by atoms with Crippen molar-refractivity contribution in [3.05, 3.63) is 84.6 Å². The number of hydrogen-bond donors (Lipinski definition) is 4. The molecule has 180 valence electrons. The van der Waals surface area contributed by atoms with Gasteiger partial charge in [0.05, 0.1) is 25.2 Å². The summed E-state index contributed by atoms with van der Waals surface area (Å²) in [6.07, 6.45) is 4.31. The Hall–Kier alpha value is -3.42. The minimum absolute atomic E-state index is 0.00405. The molecule has 0 aliphatic carbocycles. The average molecular weight is 464 g/mol. The highest BCUT2D eigenvalue weighted by molar-refractivity contribution is 5.86. The summed E-state index contributed by atoms with van der Waals surface area (Å²) >= 11 is 0. The molecule has 7 nitrogen and oxygen atoms in total. The van der Waals surface area contributed by atoms with Gasteiger partial charge in [-0.25, -0.2) is 0 Å². The number of aliphatic hydroxyl groups is 2. The quantitative estimate of drug-likeness (QED) is 0.293. The second kappa shape index (κ2) is 12.7. The van der Waals surface area contributed by atoms with Crippen LogP contribution in [0, 0.1) is 5.92 Å². The molecule has 0 unspecified atom stereocenters. The molecule has 2 atom stereocenters. The van der Waals surface area contributed by atoms with Crippen molar-refractivity contribution >= 4 is 22.7 Å². The van der Waals surface area contributed by atoms with Crippen LogP contribution < -0.4 is 5.32 Å². The number of aromatic amines is 1. The standard InChI is InChI=1S/C27H33N3O4/c1-2-8-21(16-26(33)30(13-14-31)18-20-9-4-3-5-10-20)27(34)29-23(19-32)15-22-17-28-25-12-7-6-11-24(22)25/h2-7,9-12,17,21,23,28,31-32H,1,8,13-16,18-19H2,(H,29,34)/t21-,23-/m0/s1. The highest BCUT2D eigenvalue weighted by Crippen LogP contribution is 2.20. The molecule has 0 spiro atoms. The Bertz CT molecular complexity index is 1080. The number of carbonyl (C=O) groups excluding carboxylic acids is 2. The zero-order chi connectivity index (χ0) is 24.3. The van der Waals surface area contributed by atoms with Crippen LogP contribution in [0.15, 0.2) is 73.4 Å². The van der Waals surface area contributed by atoms with E-state index >= 15 is 0 Å². The minimum atomic E-state index is -0.612. The monoisotopic (exact) mass is 463 g/mol. The van der Waals surface area contributed by atoms with Gasteiger partial charge in [-0.3, -0.25) is 9.59 Å². The number of benzene rings is 2. The normalized spacial score (nSPS) is 12.8. The fourth-order valence-corrected chi connectivity index (χ4v) is 4.09. The Morgan fingerprint density at radius 2 is 1.82 bits per heavy atom. The molecule has 2 aromatic carbocycles. The number of hydrogen-bond acceptors (Lipinski definition) is 4. The van der Waals surface area contributed by atoms with Gasteiger partial charge in [-0.05, 0) is 30.0 Å². The Kier molecular flexibility index (Phi) is 9.43. The van der Waals surface area contributed by atoms with Gasteiger partial charge in [0.15, 0.2) is 0 Å². The second-order valence-corrected chi connectivity index (χ2v) is 8.40. The van der Waals surface area contributed by atoms with Crippen LogP contribution >= 0.6 is 0 Å². The molecule has 0 aliphatic rings. The number of aliphatic hydroxyl groups excluding tert-OH is 2. The first-order valence-corrected chi connectivity index (χ1v) is 11.5. The number of nitrogens with zero attached hydrogens (tertiary/aromatic N) is 1. The highest BCUT2D eigenvalue weighted by Gasteiger charge is 2.26. The first-order valence-electron chi connectivity index (χ1n) is 11.5. The highest BCUT2D eigenvalue weighted by atomic mass is 16.3. The Labute approximate surface area is 200 Å². The van der Waals surface area contributed by atoms with Crippen LogP contribution in [0.25, 0.3) is 10.9 Å². The van der Waals surface area contributed by atoms with Crippen LogP contribution in [0.5, 0.6) is 0 Å². The predicted octanol–water partition coefficient (Wildman–Crippen LogP) is 2.79. The number of aromatic nitrogens is 1. The van der Waals surface area contributed by atoms with Crippen molar-refractivity contribution in [3.63, 3.8) is 0 Å². The maximum absolute atomic E-state index is 13.1. The van der Waals surface area contributed by atoms with Gasteiger partial charge < -0.3 is 25.4 Å². The summed E-state index contributed by atoms with van der Waals surface area (Å²) in [4.78, 5) is 30.9. The lowest BCUT2D eigenvalue weighted by Gasteiger charge is -2.25. The topological polar surface area (TPSA) is 106 Å². The zero-order valence-electron chi connectivity index (χ0n) is 19.3. The smallest absolute Gasteiger partial charge is 0.224 e. The van der Waals surface area contributed by atoms with Gasteiger partial charge in [0, 0.05) is 36.6 Å². The number of para-hydroxylation sites is 1. The van der Waals surface area contributed by atoms with E-state index < -0.39 is 12.0 Å². The summed E-state index contributed by atoms with van der Waals surface area (Å²) in [6, 6.07) is 16.9. The van der Waals surface area contributed by atoms with Crippen molar-refractivity contribution in [2.45, 2.75) is 31.8 Å². The maximum Gasteiger partial charge on any atom is 0.224 e. The van der Waals surface area contributed by atoms with Gasteiger partial charge in [0.1, 0.15) is 0 Å². The zero-order valence-corrected chi connectivity index (χ0v) is 19.3. The van der Waals surface area contributed by atoms with E-state index in [1.54, 1.807) is 11.0 Å². The number of H-pyrrole nitrogens is 1. The summed E-state index contributed by atoms with van der Waals surface area (Å²) in [5, 5.41) is 23.3. The summed E-state index contributed by atoms with van der Waals surface area (Å²) in [5.41, 5.74) is 2.95. The van der Waals surface area contributed by atoms with Gasteiger partial charge in [0.2, 0.25) is 11.8 Å². The van der Waals surface area contributed by atoms with Gasteiger partial charge in [-0.1, -0.05) is 54.6 Å². The van der Waals surface area contributed by atoms with E-state index in [1.165, 1.54) is 0 Å². The van der Waals surface area contributed by atoms with E-state index in [2.05, 4.69) is 16.9 Å². The van der Waals surface area contributed by atoms with Crippen molar-refractivity contribution in [2.75, 3.05) is 19.8 Å². The number of fused-ring (bicyclic) bond motifs is 1. The second-order valence-electron chi connectivity index (χ2n) is 8.40. The molecule has 0 aliphatic heterocycles. The van der Waals surface area contributed by atoms with Crippen LogP contribution in [0.2, 0.25) is 0 Å². The molecule has 1 aromatic heterocycles. The molecule has 0 saturated carbocycles. The van der Waals surface area contributed by atoms with Gasteiger partial charge >= 0.3 is 0 Å². The molecule has 4 N–H and O–H groups in total. The van der Waals surface area contributed by atoms with E-state index in [4.69, 9.17) is 0 Å². The van der Waals surface area contributed by atoms with E-state index in [1.807, 2.05) is 60.8 Å². The van der Waals surface area contributed by atoms with Crippen molar-refractivity contribution in [1.29, 1.82) is 0 Å². The molecule has 1 heterocycles. The molecule has 0 bridgehead atoms. The Morgan fingerprint density at radius 1 is 1.09 bits per heavy atom. The molecule has 3 rings (SSSR count). The number of carbonyl (C=O) groups is 2. The van der Waals surface area contributed by atoms with Gasteiger partial charge in [-0.2, -0.15) is 0 Å². The van der Waals surface area contributed by atoms with Crippen LogP contribution in [0.3, 0.4) is 0 Å². The molecule has 7 heteroatoms. The van der Waals surface area contributed by atoms with Gasteiger partial charge in [0.25, 0.3) is 0 Å². The molecule has 34 heavy (non-hydrogen) atoms. The van der Waals surface area contributed by atoms with Gasteiger partial charge in [-0.15, -0.1) is 6.58 Å². The largest absolute Gasteiger partial charge is 0.395 e.